The highest BCUT2D eigenvalue weighted by Gasteiger charge is 2.19. The molecule has 92 valence electrons. The van der Waals surface area contributed by atoms with Gasteiger partial charge >= 0.3 is 0 Å². The minimum absolute atomic E-state index is 0.00764. The average molecular weight is 248 g/mol. The maximum atomic E-state index is 12.5. The summed E-state index contributed by atoms with van der Waals surface area (Å²) < 4.78 is 1.66. The summed E-state index contributed by atoms with van der Waals surface area (Å²) in [5, 5.41) is 2.85. The first-order chi connectivity index (χ1) is 9.24. The van der Waals surface area contributed by atoms with E-state index < -0.39 is 0 Å². The Bertz CT molecular complexity index is 906. The zero-order valence-electron chi connectivity index (χ0n) is 10.4. The lowest BCUT2D eigenvalue weighted by Crippen LogP contribution is -2.20. The maximum absolute atomic E-state index is 12.5. The number of aryl methyl sites for hydroxylation is 1. The zero-order chi connectivity index (χ0) is 13.0. The van der Waals surface area contributed by atoms with Gasteiger partial charge in [-0.05, 0) is 29.3 Å². The maximum Gasteiger partial charge on any atom is 0.265 e. The van der Waals surface area contributed by atoms with E-state index in [0.29, 0.717) is 5.39 Å². The third-order valence-corrected chi connectivity index (χ3v) is 3.76. The number of aromatic nitrogens is 2. The highest BCUT2D eigenvalue weighted by atomic mass is 16.1. The molecule has 0 fully saturated rings. The molecule has 0 saturated carbocycles. The summed E-state index contributed by atoms with van der Waals surface area (Å²) in [4.78, 5) is 17.2. The SMILES string of the molecule is C=C1CCc2nc3cc4ccccc4cc3c(=O)n21. The number of benzene rings is 2. The largest absolute Gasteiger partial charge is 0.269 e. The Balaban J connectivity index is 2.21. The number of hydrogen-bond donors (Lipinski definition) is 0. The van der Waals surface area contributed by atoms with Crippen molar-refractivity contribution in [3.8, 4) is 0 Å². The van der Waals surface area contributed by atoms with Gasteiger partial charge in [0, 0.05) is 12.1 Å². The summed E-state index contributed by atoms with van der Waals surface area (Å²) in [5.41, 5.74) is 1.64. The molecule has 3 nitrogen and oxygen atoms in total. The normalized spacial score (nSPS) is 14.2. The van der Waals surface area contributed by atoms with Gasteiger partial charge in [0.25, 0.3) is 5.56 Å². The second-order valence-electron chi connectivity index (χ2n) is 4.95. The van der Waals surface area contributed by atoms with E-state index in [4.69, 9.17) is 0 Å². The Kier molecular flexibility index (Phi) is 1.96. The van der Waals surface area contributed by atoms with E-state index in [1.54, 1.807) is 4.57 Å². The van der Waals surface area contributed by atoms with Crippen molar-refractivity contribution in [2.45, 2.75) is 12.8 Å². The van der Waals surface area contributed by atoms with Crippen molar-refractivity contribution < 1.29 is 0 Å². The summed E-state index contributed by atoms with van der Waals surface area (Å²) >= 11 is 0. The van der Waals surface area contributed by atoms with Crippen molar-refractivity contribution in [2.24, 2.45) is 0 Å². The van der Waals surface area contributed by atoms with Gasteiger partial charge in [-0.2, -0.15) is 0 Å². The zero-order valence-corrected chi connectivity index (χ0v) is 10.4. The van der Waals surface area contributed by atoms with Gasteiger partial charge in [0.1, 0.15) is 5.82 Å². The quantitative estimate of drug-likeness (QED) is 0.573. The third kappa shape index (κ3) is 1.38. The van der Waals surface area contributed by atoms with Gasteiger partial charge < -0.3 is 0 Å². The Morgan fingerprint density at radius 1 is 1.11 bits per heavy atom. The Hall–Kier alpha value is -2.42. The molecule has 3 heteroatoms. The third-order valence-electron chi connectivity index (χ3n) is 3.76. The molecular weight excluding hydrogens is 236 g/mol. The van der Waals surface area contributed by atoms with Crippen LogP contribution < -0.4 is 5.56 Å². The van der Waals surface area contributed by atoms with E-state index >= 15 is 0 Å². The van der Waals surface area contributed by atoms with Crippen molar-refractivity contribution in [1.29, 1.82) is 0 Å². The lowest BCUT2D eigenvalue weighted by Gasteiger charge is -2.07. The van der Waals surface area contributed by atoms with Crippen molar-refractivity contribution in [3.05, 3.63) is 59.2 Å². The molecule has 0 atom stereocenters. The molecule has 0 N–H and O–H groups in total. The Morgan fingerprint density at radius 3 is 2.63 bits per heavy atom. The van der Waals surface area contributed by atoms with Gasteiger partial charge in [0.2, 0.25) is 0 Å². The van der Waals surface area contributed by atoms with Gasteiger partial charge in [0.15, 0.2) is 0 Å². The highest BCUT2D eigenvalue weighted by molar-refractivity contribution is 5.96. The molecule has 0 spiro atoms. The molecule has 4 rings (SSSR count). The minimum Gasteiger partial charge on any atom is -0.269 e. The fourth-order valence-electron chi connectivity index (χ4n) is 2.78. The Morgan fingerprint density at radius 2 is 1.84 bits per heavy atom. The molecule has 0 unspecified atom stereocenters. The predicted molar refractivity (Wildman–Crippen MR) is 77.2 cm³/mol. The molecule has 1 aromatic heterocycles. The van der Waals surface area contributed by atoms with Gasteiger partial charge in [-0.3, -0.25) is 9.36 Å². The molecule has 19 heavy (non-hydrogen) atoms. The van der Waals surface area contributed by atoms with Crippen LogP contribution in [0.3, 0.4) is 0 Å². The molecule has 1 aliphatic rings. The van der Waals surface area contributed by atoms with E-state index in [1.165, 1.54) is 0 Å². The first-order valence-electron chi connectivity index (χ1n) is 6.36. The lowest BCUT2D eigenvalue weighted by molar-refractivity contribution is 0.931. The lowest BCUT2D eigenvalue weighted by atomic mass is 10.1. The minimum atomic E-state index is 0.00764. The molecule has 3 aromatic rings. The fourth-order valence-corrected chi connectivity index (χ4v) is 2.78. The molecule has 0 aliphatic carbocycles. The van der Waals surface area contributed by atoms with E-state index in [0.717, 1.165) is 40.7 Å². The molecule has 0 saturated heterocycles. The van der Waals surface area contributed by atoms with Crippen molar-refractivity contribution in [2.75, 3.05) is 0 Å². The average Bonchev–Trinajstić information content (AvgIpc) is 2.79. The molecule has 0 bridgehead atoms. The second kappa shape index (κ2) is 3.54. The molecule has 0 amide bonds. The van der Waals surface area contributed by atoms with E-state index in [-0.39, 0.29) is 5.56 Å². The van der Waals surface area contributed by atoms with Crippen LogP contribution >= 0.6 is 0 Å². The number of fused-ring (bicyclic) bond motifs is 3. The summed E-state index contributed by atoms with van der Waals surface area (Å²) in [5.74, 6) is 0.831. The van der Waals surface area contributed by atoms with Crippen LogP contribution in [0.15, 0.2) is 47.8 Å². The monoisotopic (exact) mass is 248 g/mol. The summed E-state index contributed by atoms with van der Waals surface area (Å²) in [6.07, 6.45) is 1.62. The van der Waals surface area contributed by atoms with Crippen LogP contribution in [0, 0.1) is 0 Å². The fraction of sp³-hybridized carbons (Fsp3) is 0.125. The number of rotatable bonds is 0. The molecule has 0 radical (unpaired) electrons. The van der Waals surface area contributed by atoms with Crippen LogP contribution in [0.25, 0.3) is 27.4 Å². The van der Waals surface area contributed by atoms with E-state index in [1.807, 2.05) is 36.4 Å². The van der Waals surface area contributed by atoms with Crippen LogP contribution in [-0.4, -0.2) is 9.55 Å². The van der Waals surface area contributed by atoms with Crippen molar-refractivity contribution in [1.82, 2.24) is 9.55 Å². The first-order valence-corrected chi connectivity index (χ1v) is 6.36. The smallest absolute Gasteiger partial charge is 0.265 e. The van der Waals surface area contributed by atoms with Crippen LogP contribution in [0.4, 0.5) is 0 Å². The summed E-state index contributed by atoms with van der Waals surface area (Å²) in [6.45, 7) is 3.95. The van der Waals surface area contributed by atoms with E-state index in [9.17, 15) is 4.79 Å². The summed E-state index contributed by atoms with van der Waals surface area (Å²) in [6, 6.07) is 12.0. The highest BCUT2D eigenvalue weighted by Crippen LogP contribution is 2.24. The first kappa shape index (κ1) is 10.5. The predicted octanol–water partition coefficient (Wildman–Crippen LogP) is 2.97. The van der Waals surface area contributed by atoms with Crippen LogP contribution in [0.5, 0.6) is 0 Å². The second-order valence-corrected chi connectivity index (χ2v) is 4.95. The van der Waals surface area contributed by atoms with Gasteiger partial charge in [-0.15, -0.1) is 0 Å². The standard InChI is InChI=1S/C16H12N2O/c1-10-6-7-15-17-14-9-12-5-3-2-4-11(12)8-13(14)16(19)18(10)15/h2-5,8-9H,1,6-7H2. The van der Waals surface area contributed by atoms with Crippen LogP contribution in [0.2, 0.25) is 0 Å². The van der Waals surface area contributed by atoms with Gasteiger partial charge in [-0.1, -0.05) is 30.8 Å². The molecule has 1 aliphatic heterocycles. The Labute approximate surface area is 109 Å². The number of hydrogen-bond acceptors (Lipinski definition) is 2. The summed E-state index contributed by atoms with van der Waals surface area (Å²) in [7, 11) is 0. The van der Waals surface area contributed by atoms with Crippen LogP contribution in [0.1, 0.15) is 12.2 Å². The van der Waals surface area contributed by atoms with Gasteiger partial charge in [0.05, 0.1) is 10.9 Å². The van der Waals surface area contributed by atoms with Crippen LogP contribution in [-0.2, 0) is 6.42 Å². The van der Waals surface area contributed by atoms with Crippen molar-refractivity contribution in [3.63, 3.8) is 0 Å². The topological polar surface area (TPSA) is 34.9 Å². The van der Waals surface area contributed by atoms with Crippen molar-refractivity contribution >= 4 is 27.4 Å². The van der Waals surface area contributed by atoms with Gasteiger partial charge in [-0.25, -0.2) is 4.98 Å². The molecule has 2 aromatic carbocycles. The number of nitrogens with zero attached hydrogens (tertiary/aromatic N) is 2. The number of allylic oxidation sites excluding steroid dienone is 1. The van der Waals surface area contributed by atoms with E-state index in [2.05, 4.69) is 11.6 Å². The molecule has 2 heterocycles. The molecular formula is C16H12N2O.